The van der Waals surface area contributed by atoms with Crippen molar-refractivity contribution >= 4 is 16.5 Å². The minimum absolute atomic E-state index is 0.811. The molecule has 0 N–H and O–H groups in total. The van der Waals surface area contributed by atoms with Gasteiger partial charge in [0, 0.05) is 0 Å². The molecule has 1 aliphatic carbocycles. The van der Waals surface area contributed by atoms with Crippen molar-refractivity contribution in [1.29, 1.82) is 0 Å². The van der Waals surface area contributed by atoms with Crippen LogP contribution < -0.4 is 0 Å². The molecule has 3 unspecified atom stereocenters. The molecule has 1 heterocycles. The fourth-order valence-corrected chi connectivity index (χ4v) is 6.79. The first-order valence-corrected chi connectivity index (χ1v) is 7.77. The van der Waals surface area contributed by atoms with Crippen LogP contribution in [-0.2, 0) is 0 Å². The maximum atomic E-state index is 2.42. The van der Waals surface area contributed by atoms with Crippen LogP contribution in [0.25, 0.3) is 0 Å². The van der Waals surface area contributed by atoms with Gasteiger partial charge in [-0.15, -0.1) is 0 Å². The summed E-state index contributed by atoms with van der Waals surface area (Å²) in [5.74, 6) is 0. The number of hydrogen-bond donors (Lipinski definition) is 0. The number of rotatable bonds is 0. The van der Waals surface area contributed by atoms with Crippen molar-refractivity contribution in [2.75, 3.05) is 6.16 Å². The average Bonchev–Trinajstić information content (AvgIpc) is 2.07. The molecule has 0 saturated carbocycles. The monoisotopic (exact) mass is 186 g/mol. The minimum Gasteiger partial charge on any atom is -0.0987 e. The van der Waals surface area contributed by atoms with Gasteiger partial charge in [0.05, 0.1) is 0 Å². The summed E-state index contributed by atoms with van der Waals surface area (Å²) in [7, 11) is 2.60. The predicted molar refractivity (Wildman–Crippen MR) is 56.5 cm³/mol. The van der Waals surface area contributed by atoms with E-state index in [4.69, 9.17) is 0 Å². The third-order valence-corrected chi connectivity index (χ3v) is 7.66. The quantitative estimate of drug-likeness (QED) is 0.401. The smallest absolute Gasteiger partial charge is 0.00479 e. The second-order valence-corrected chi connectivity index (χ2v) is 7.62. The fraction of sp³-hybridized carbons (Fsp3) is 0.778. The van der Waals surface area contributed by atoms with Crippen molar-refractivity contribution in [2.45, 2.75) is 37.3 Å². The Morgan fingerprint density at radius 3 is 2.82 bits per heavy atom. The first-order chi connectivity index (χ1) is 5.41. The molecule has 0 aromatic heterocycles. The topological polar surface area (TPSA) is 0 Å². The molecule has 1 saturated heterocycles. The van der Waals surface area contributed by atoms with E-state index in [9.17, 15) is 0 Å². The van der Waals surface area contributed by atoms with E-state index in [0.29, 0.717) is 0 Å². The molecule has 0 aromatic carbocycles. The Hall–Kier alpha value is 0.600. The van der Waals surface area contributed by atoms with Gasteiger partial charge >= 0.3 is 0 Å². The van der Waals surface area contributed by atoms with Gasteiger partial charge in [-0.2, -0.15) is 0 Å². The van der Waals surface area contributed by atoms with Gasteiger partial charge in [-0.25, -0.2) is 0 Å². The highest BCUT2D eigenvalue weighted by Gasteiger charge is 2.31. The summed E-state index contributed by atoms with van der Waals surface area (Å²) in [5, 5.41) is 0.811. The van der Waals surface area contributed by atoms with Crippen LogP contribution in [0.1, 0.15) is 32.1 Å². The van der Waals surface area contributed by atoms with Gasteiger partial charge in [0.1, 0.15) is 0 Å². The number of hydrogen-bond acceptors (Lipinski definition) is 0. The van der Waals surface area contributed by atoms with Crippen LogP contribution in [0.15, 0.2) is 12.2 Å². The summed E-state index contributed by atoms with van der Waals surface area (Å²) in [4.78, 5) is 0. The summed E-state index contributed by atoms with van der Waals surface area (Å²) in [6.45, 7) is 0. The Labute approximate surface area is 72.7 Å². The first kappa shape index (κ1) is 8.21. The van der Waals surface area contributed by atoms with E-state index in [1.807, 2.05) is 0 Å². The molecule has 0 aromatic rings. The Bertz CT molecular complexity index is 157. The molecule has 2 aliphatic rings. The van der Waals surface area contributed by atoms with E-state index < -0.39 is 0 Å². The van der Waals surface area contributed by atoms with Crippen molar-refractivity contribution in [1.82, 2.24) is 0 Å². The van der Waals surface area contributed by atoms with E-state index in [0.717, 1.165) is 5.16 Å². The van der Waals surface area contributed by atoms with Crippen molar-refractivity contribution < 1.29 is 0 Å². The maximum Gasteiger partial charge on any atom is -0.00479 e. The molecule has 11 heavy (non-hydrogen) atoms. The molecule has 62 valence electrons. The zero-order valence-corrected chi connectivity index (χ0v) is 8.90. The van der Waals surface area contributed by atoms with Gasteiger partial charge in [-0.1, -0.05) is 28.7 Å². The molecule has 1 aliphatic heterocycles. The summed E-state index contributed by atoms with van der Waals surface area (Å²) >= 11 is 0. The summed E-state index contributed by atoms with van der Waals surface area (Å²) in [5.41, 5.74) is 0. The molecule has 0 amide bonds. The van der Waals surface area contributed by atoms with Gasteiger partial charge < -0.3 is 0 Å². The van der Waals surface area contributed by atoms with Gasteiger partial charge in [0.15, 0.2) is 0 Å². The third-order valence-electron chi connectivity index (χ3n) is 2.78. The lowest BCUT2D eigenvalue weighted by molar-refractivity contribution is 0.485. The fourth-order valence-electron chi connectivity index (χ4n) is 2.06. The Balaban J connectivity index is 2.01. The van der Waals surface area contributed by atoms with Crippen molar-refractivity contribution in [3.63, 3.8) is 0 Å². The molecule has 1 fully saturated rings. The summed E-state index contributed by atoms with van der Waals surface area (Å²) in [6, 6.07) is 0. The lowest BCUT2D eigenvalue weighted by atomic mass is 9.89. The highest BCUT2D eigenvalue weighted by atomic mass is 32.0. The zero-order chi connectivity index (χ0) is 7.57. The van der Waals surface area contributed by atoms with Crippen molar-refractivity contribution in [3.8, 4) is 0 Å². The highest BCUT2D eigenvalue weighted by Crippen LogP contribution is 2.59. The molecule has 2 rings (SSSR count). The largest absolute Gasteiger partial charge is 0.0987 e. The van der Waals surface area contributed by atoms with Crippen LogP contribution in [0.3, 0.4) is 0 Å². The van der Waals surface area contributed by atoms with Gasteiger partial charge in [0.2, 0.25) is 0 Å². The SMILES string of the molecule is C1=CCC2(CC1)CCCPP2. The minimum atomic E-state index is 0.811. The second-order valence-electron chi connectivity index (χ2n) is 3.65. The average molecular weight is 186 g/mol. The van der Waals surface area contributed by atoms with Crippen LogP contribution in [0.2, 0.25) is 0 Å². The highest BCUT2D eigenvalue weighted by molar-refractivity contribution is 8.12. The Kier molecular flexibility index (Phi) is 2.65. The molecule has 0 bridgehead atoms. The standard InChI is InChI=1S/C9H16P2/c1-2-5-9(6-3-1)7-4-8-10-11-9/h1-2,10-11H,3-8H2. The summed E-state index contributed by atoms with van der Waals surface area (Å²) in [6.07, 6.45) is 13.6. The molecule has 0 radical (unpaired) electrons. The Morgan fingerprint density at radius 2 is 2.18 bits per heavy atom. The second kappa shape index (κ2) is 3.55. The van der Waals surface area contributed by atoms with Crippen LogP contribution in [0.4, 0.5) is 0 Å². The molecule has 1 spiro atoms. The van der Waals surface area contributed by atoms with Crippen LogP contribution in [0.5, 0.6) is 0 Å². The molecular formula is C9H16P2. The predicted octanol–water partition coefficient (Wildman–Crippen LogP) is 3.53. The van der Waals surface area contributed by atoms with Gasteiger partial charge in [-0.05, 0) is 43.4 Å². The van der Waals surface area contributed by atoms with Crippen molar-refractivity contribution in [2.24, 2.45) is 0 Å². The van der Waals surface area contributed by atoms with Crippen LogP contribution in [-0.4, -0.2) is 11.3 Å². The van der Waals surface area contributed by atoms with E-state index in [2.05, 4.69) is 12.2 Å². The van der Waals surface area contributed by atoms with Crippen LogP contribution >= 0.6 is 16.5 Å². The van der Waals surface area contributed by atoms with Crippen LogP contribution in [0, 0.1) is 0 Å². The first-order valence-electron chi connectivity index (χ1n) is 4.56. The van der Waals surface area contributed by atoms with E-state index in [1.54, 1.807) is 0 Å². The van der Waals surface area contributed by atoms with Gasteiger partial charge in [-0.3, -0.25) is 0 Å². The van der Waals surface area contributed by atoms with E-state index >= 15 is 0 Å². The van der Waals surface area contributed by atoms with Crippen molar-refractivity contribution in [3.05, 3.63) is 12.2 Å². The molecule has 3 atom stereocenters. The third kappa shape index (κ3) is 1.85. The normalized spacial score (nSPS) is 42.2. The molecule has 0 nitrogen and oxygen atoms in total. The van der Waals surface area contributed by atoms with E-state index in [-0.39, 0.29) is 0 Å². The number of allylic oxidation sites excluding steroid dienone is 2. The maximum absolute atomic E-state index is 2.42. The Morgan fingerprint density at radius 1 is 1.18 bits per heavy atom. The van der Waals surface area contributed by atoms with E-state index in [1.165, 1.54) is 54.8 Å². The lowest BCUT2D eigenvalue weighted by Gasteiger charge is -2.38. The lowest BCUT2D eigenvalue weighted by Crippen LogP contribution is -2.25. The zero-order valence-electron chi connectivity index (χ0n) is 6.90. The summed E-state index contributed by atoms with van der Waals surface area (Å²) < 4.78 is 0. The molecule has 2 heteroatoms. The van der Waals surface area contributed by atoms with Gasteiger partial charge in [0.25, 0.3) is 0 Å². The molecular weight excluding hydrogens is 170 g/mol.